The van der Waals surface area contributed by atoms with E-state index in [0.29, 0.717) is 12.5 Å². The molecule has 0 atom stereocenters. The molecule has 0 spiro atoms. The Hall–Kier alpha value is -0.700. The molecule has 0 saturated heterocycles. The van der Waals surface area contributed by atoms with Crippen molar-refractivity contribution in [1.82, 2.24) is 0 Å². The van der Waals surface area contributed by atoms with Gasteiger partial charge < -0.3 is 9.47 Å². The average Bonchev–Trinajstić information content (AvgIpc) is 2.28. The number of hydrogen-bond acceptors (Lipinski definition) is 3. The molecule has 0 N–H and O–H groups in total. The Morgan fingerprint density at radius 2 is 1.88 bits per heavy atom. The first-order valence-electron chi connectivity index (χ1n) is 5.85. The molecule has 0 saturated carbocycles. The largest absolute Gasteiger partial charge is 0.513 e. The maximum absolute atomic E-state index is 10.9. The van der Waals surface area contributed by atoms with E-state index in [1.807, 2.05) is 0 Å². The van der Waals surface area contributed by atoms with Crippen LogP contribution in [0.2, 0.25) is 0 Å². The molecule has 0 aromatic carbocycles. The van der Waals surface area contributed by atoms with Gasteiger partial charge in [-0.1, -0.05) is 39.0 Å². The first-order chi connectivity index (χ1) is 7.81. The summed E-state index contributed by atoms with van der Waals surface area (Å²) in [7, 11) is 0. The van der Waals surface area contributed by atoms with Gasteiger partial charge in [-0.15, -0.1) is 11.6 Å². The van der Waals surface area contributed by atoms with Crippen molar-refractivity contribution in [3.05, 3.63) is 12.3 Å². The highest BCUT2D eigenvalue weighted by atomic mass is 35.5. The summed E-state index contributed by atoms with van der Waals surface area (Å²) in [5.41, 5.74) is 0. The van der Waals surface area contributed by atoms with Gasteiger partial charge in [0.2, 0.25) is 0 Å². The Morgan fingerprint density at radius 3 is 2.56 bits per heavy atom. The third-order valence-corrected chi connectivity index (χ3v) is 2.25. The smallest absolute Gasteiger partial charge is 0.434 e. The molecule has 0 aliphatic heterocycles. The zero-order chi connectivity index (χ0) is 12.1. The molecule has 0 aliphatic carbocycles. The molecule has 4 heteroatoms. The third-order valence-electron chi connectivity index (χ3n) is 2.07. The first kappa shape index (κ1) is 15.3. The van der Waals surface area contributed by atoms with Crippen molar-refractivity contribution >= 4 is 17.8 Å². The Kier molecular flexibility index (Phi) is 11.8. The number of rotatable bonds is 9. The van der Waals surface area contributed by atoms with Crippen LogP contribution in [0, 0.1) is 0 Å². The van der Waals surface area contributed by atoms with Crippen molar-refractivity contribution in [2.75, 3.05) is 12.5 Å². The lowest BCUT2D eigenvalue weighted by Crippen LogP contribution is -2.04. The minimum absolute atomic E-state index is 0.324. The molecule has 0 aromatic heterocycles. The third kappa shape index (κ3) is 11.4. The Morgan fingerprint density at radius 1 is 1.19 bits per heavy atom. The number of carbonyl (C=O) groups is 1. The lowest BCUT2D eigenvalue weighted by molar-refractivity contribution is 0.0831. The maximum Gasteiger partial charge on any atom is 0.513 e. The molecule has 16 heavy (non-hydrogen) atoms. The van der Waals surface area contributed by atoms with Crippen LogP contribution in [0.1, 0.15) is 45.4 Å². The van der Waals surface area contributed by atoms with Gasteiger partial charge in [-0.05, 0) is 12.5 Å². The van der Waals surface area contributed by atoms with Crippen molar-refractivity contribution in [2.24, 2.45) is 0 Å². The van der Waals surface area contributed by atoms with E-state index >= 15 is 0 Å². The molecule has 0 fully saturated rings. The van der Waals surface area contributed by atoms with Crippen LogP contribution in [-0.4, -0.2) is 18.6 Å². The van der Waals surface area contributed by atoms with Gasteiger partial charge in [0.1, 0.15) is 0 Å². The fraction of sp³-hybridized carbons (Fsp3) is 0.750. The highest BCUT2D eigenvalue weighted by Crippen LogP contribution is 2.05. The first-order valence-corrected chi connectivity index (χ1v) is 6.39. The van der Waals surface area contributed by atoms with Crippen LogP contribution in [0.15, 0.2) is 12.3 Å². The lowest BCUT2D eigenvalue weighted by atomic mass is 10.1. The summed E-state index contributed by atoms with van der Waals surface area (Å²) in [5.74, 6) is 0.324. The minimum Gasteiger partial charge on any atom is -0.434 e. The van der Waals surface area contributed by atoms with E-state index in [4.69, 9.17) is 16.3 Å². The summed E-state index contributed by atoms with van der Waals surface area (Å²) in [6.07, 6.45) is 9.13. The standard InChI is InChI=1S/C12H21ClO3/c1-2-3-4-5-6-7-10-15-12(14)16-11-8-9-13/h8,11H,2-7,9-10H2,1H3. The second-order valence-electron chi connectivity index (χ2n) is 3.51. The zero-order valence-electron chi connectivity index (χ0n) is 9.91. The Bertz CT molecular complexity index is 193. The number of hydrogen-bond donors (Lipinski definition) is 0. The molecule has 0 unspecified atom stereocenters. The van der Waals surface area contributed by atoms with Crippen molar-refractivity contribution in [3.8, 4) is 0 Å². The van der Waals surface area contributed by atoms with Gasteiger partial charge in [-0.3, -0.25) is 0 Å². The normalized spacial score (nSPS) is 10.6. The number of ether oxygens (including phenoxy) is 2. The van der Waals surface area contributed by atoms with Crippen molar-refractivity contribution in [3.63, 3.8) is 0 Å². The molecular weight excluding hydrogens is 228 g/mol. The fourth-order valence-corrected chi connectivity index (χ4v) is 1.28. The van der Waals surface area contributed by atoms with Crippen molar-refractivity contribution < 1.29 is 14.3 Å². The van der Waals surface area contributed by atoms with E-state index in [2.05, 4.69) is 11.7 Å². The quantitative estimate of drug-likeness (QED) is 0.265. The predicted octanol–water partition coefficient (Wildman–Crippen LogP) is 4.25. The number of alkyl halides is 1. The van der Waals surface area contributed by atoms with E-state index < -0.39 is 6.16 Å². The van der Waals surface area contributed by atoms with Gasteiger partial charge in [-0.2, -0.15) is 0 Å². The maximum atomic E-state index is 10.9. The molecule has 0 aromatic rings. The van der Waals surface area contributed by atoms with Crippen LogP contribution in [0.5, 0.6) is 0 Å². The second kappa shape index (κ2) is 12.4. The van der Waals surface area contributed by atoms with Gasteiger partial charge in [0.25, 0.3) is 0 Å². The number of carbonyl (C=O) groups excluding carboxylic acids is 1. The molecule has 0 aliphatic rings. The Labute approximate surface area is 103 Å². The number of unbranched alkanes of at least 4 members (excludes halogenated alkanes) is 5. The zero-order valence-corrected chi connectivity index (χ0v) is 10.7. The average molecular weight is 249 g/mol. The molecule has 3 nitrogen and oxygen atoms in total. The van der Waals surface area contributed by atoms with Gasteiger partial charge in [0.05, 0.1) is 12.9 Å². The highest BCUT2D eigenvalue weighted by Gasteiger charge is 2.00. The van der Waals surface area contributed by atoms with E-state index in [-0.39, 0.29) is 0 Å². The van der Waals surface area contributed by atoms with Gasteiger partial charge in [0.15, 0.2) is 0 Å². The SMILES string of the molecule is CCCCCCCCOC(=O)OC=CCCl. The monoisotopic (exact) mass is 248 g/mol. The molecule has 0 rings (SSSR count). The summed E-state index contributed by atoms with van der Waals surface area (Å²) in [6, 6.07) is 0. The Balaban J connectivity index is 3.18. The molecule has 94 valence electrons. The van der Waals surface area contributed by atoms with Gasteiger partial charge in [-0.25, -0.2) is 4.79 Å². The minimum atomic E-state index is -0.657. The topological polar surface area (TPSA) is 35.5 Å². The van der Waals surface area contributed by atoms with Gasteiger partial charge >= 0.3 is 6.16 Å². The predicted molar refractivity (Wildman–Crippen MR) is 65.7 cm³/mol. The van der Waals surface area contributed by atoms with E-state index in [9.17, 15) is 4.79 Å². The van der Waals surface area contributed by atoms with E-state index in [1.165, 1.54) is 38.0 Å². The fourth-order valence-electron chi connectivity index (χ4n) is 1.21. The highest BCUT2D eigenvalue weighted by molar-refractivity contribution is 6.18. The molecule has 0 bridgehead atoms. The van der Waals surface area contributed by atoms with Gasteiger partial charge in [0, 0.05) is 5.88 Å². The van der Waals surface area contributed by atoms with Crippen molar-refractivity contribution in [1.29, 1.82) is 0 Å². The van der Waals surface area contributed by atoms with Crippen LogP contribution < -0.4 is 0 Å². The summed E-state index contributed by atoms with van der Waals surface area (Å²) in [6.45, 7) is 2.62. The van der Waals surface area contributed by atoms with Crippen LogP contribution >= 0.6 is 11.6 Å². The van der Waals surface area contributed by atoms with Crippen LogP contribution in [0.25, 0.3) is 0 Å². The number of allylic oxidation sites excluding steroid dienone is 1. The molecule has 0 amide bonds. The van der Waals surface area contributed by atoms with Crippen LogP contribution in [0.4, 0.5) is 4.79 Å². The summed E-state index contributed by atoms with van der Waals surface area (Å²) in [5, 5.41) is 0. The van der Waals surface area contributed by atoms with Crippen LogP contribution in [0.3, 0.4) is 0 Å². The summed E-state index contributed by atoms with van der Waals surface area (Å²) >= 11 is 5.35. The lowest BCUT2D eigenvalue weighted by Gasteiger charge is -2.02. The summed E-state index contributed by atoms with van der Waals surface area (Å²) in [4.78, 5) is 10.9. The molecule has 0 radical (unpaired) electrons. The van der Waals surface area contributed by atoms with Crippen molar-refractivity contribution in [2.45, 2.75) is 45.4 Å². The number of halogens is 1. The molecule has 0 heterocycles. The van der Waals surface area contributed by atoms with E-state index in [1.54, 1.807) is 0 Å². The van der Waals surface area contributed by atoms with Crippen LogP contribution in [-0.2, 0) is 9.47 Å². The summed E-state index contributed by atoms with van der Waals surface area (Å²) < 4.78 is 9.44. The van der Waals surface area contributed by atoms with E-state index in [0.717, 1.165) is 12.8 Å². The molecular formula is C12H21ClO3. The second-order valence-corrected chi connectivity index (χ2v) is 3.82.